The summed E-state index contributed by atoms with van der Waals surface area (Å²) in [5, 5.41) is 0. The Morgan fingerprint density at radius 3 is 2.09 bits per heavy atom. The quantitative estimate of drug-likeness (QED) is 0.499. The minimum atomic E-state index is 0.686. The van der Waals surface area contributed by atoms with E-state index in [1.807, 2.05) is 0 Å². The Morgan fingerprint density at radius 2 is 1.73 bits per heavy atom. The fraction of sp³-hybridized carbons (Fsp3) is 1.00. The van der Waals surface area contributed by atoms with Crippen molar-refractivity contribution in [2.24, 2.45) is 29.1 Å². The summed E-state index contributed by atoms with van der Waals surface area (Å²) in [6.45, 7) is 9.81. The van der Waals surface area contributed by atoms with Gasteiger partial charge in [-0.05, 0) is 41.9 Å². The van der Waals surface area contributed by atoms with E-state index in [1.54, 1.807) is 0 Å². The summed E-state index contributed by atoms with van der Waals surface area (Å²) < 4.78 is 0. The Balaban J connectivity index is 2.17. The highest BCUT2D eigenvalue weighted by Gasteiger charge is 2.54. The summed E-state index contributed by atoms with van der Waals surface area (Å²) in [7, 11) is 0. The SMILES string of the molecule is C[C@@H]1[C@@H](C)C[C@H]2C[C@@H]1C2(C)C. The molecule has 0 nitrogen and oxygen atoms in total. The van der Waals surface area contributed by atoms with Gasteiger partial charge in [-0.3, -0.25) is 0 Å². The van der Waals surface area contributed by atoms with Crippen LogP contribution in [-0.4, -0.2) is 0 Å². The van der Waals surface area contributed by atoms with Gasteiger partial charge >= 0.3 is 0 Å². The second-order valence-corrected chi connectivity index (χ2v) is 5.43. The molecule has 0 N–H and O–H groups in total. The molecule has 4 atom stereocenters. The van der Waals surface area contributed by atoms with E-state index in [1.165, 1.54) is 12.8 Å². The van der Waals surface area contributed by atoms with Crippen LogP contribution in [0, 0.1) is 29.1 Å². The molecule has 0 amide bonds. The summed E-state index contributed by atoms with van der Waals surface area (Å²) in [4.78, 5) is 0. The highest BCUT2D eigenvalue weighted by atomic mass is 14.6. The van der Waals surface area contributed by atoms with Crippen LogP contribution in [0.15, 0.2) is 0 Å². The van der Waals surface area contributed by atoms with Gasteiger partial charge in [0.05, 0.1) is 0 Å². The van der Waals surface area contributed by atoms with Gasteiger partial charge in [0, 0.05) is 0 Å². The lowest BCUT2D eigenvalue weighted by Crippen LogP contribution is -2.54. The van der Waals surface area contributed by atoms with Crippen LogP contribution in [-0.2, 0) is 0 Å². The van der Waals surface area contributed by atoms with Crippen molar-refractivity contribution < 1.29 is 0 Å². The van der Waals surface area contributed by atoms with Gasteiger partial charge in [0.2, 0.25) is 0 Å². The van der Waals surface area contributed by atoms with Gasteiger partial charge in [0.25, 0.3) is 0 Å². The van der Waals surface area contributed by atoms with Gasteiger partial charge in [-0.2, -0.15) is 0 Å². The molecule has 3 aliphatic rings. The minimum Gasteiger partial charge on any atom is -0.0622 e. The summed E-state index contributed by atoms with van der Waals surface area (Å²) in [6.07, 6.45) is 3.02. The molecule has 3 aliphatic carbocycles. The van der Waals surface area contributed by atoms with Crippen molar-refractivity contribution in [3.8, 4) is 0 Å². The van der Waals surface area contributed by atoms with Crippen molar-refractivity contribution in [1.29, 1.82) is 0 Å². The molecule has 3 rings (SSSR count). The largest absolute Gasteiger partial charge is 0.0622 e. The molecular formula is C11H20. The van der Waals surface area contributed by atoms with E-state index in [0.717, 1.165) is 23.7 Å². The first-order chi connectivity index (χ1) is 5.03. The highest BCUT2D eigenvalue weighted by molar-refractivity contribution is 5.03. The lowest BCUT2D eigenvalue weighted by molar-refractivity contribution is -0.124. The molecule has 0 radical (unpaired) electrons. The van der Waals surface area contributed by atoms with Gasteiger partial charge in [-0.25, -0.2) is 0 Å². The van der Waals surface area contributed by atoms with E-state index < -0.39 is 0 Å². The van der Waals surface area contributed by atoms with Crippen LogP contribution in [0.3, 0.4) is 0 Å². The molecule has 2 bridgehead atoms. The Kier molecular flexibility index (Phi) is 1.41. The van der Waals surface area contributed by atoms with Crippen LogP contribution < -0.4 is 0 Å². The summed E-state index contributed by atoms with van der Waals surface area (Å²) in [5.41, 5.74) is 0.686. The molecule has 0 aromatic carbocycles. The third-order valence-electron chi connectivity index (χ3n) is 4.73. The van der Waals surface area contributed by atoms with Gasteiger partial charge in [-0.1, -0.05) is 27.7 Å². The number of rotatable bonds is 0. The molecule has 11 heavy (non-hydrogen) atoms. The zero-order valence-electron chi connectivity index (χ0n) is 8.22. The first-order valence-electron chi connectivity index (χ1n) is 5.03. The number of hydrogen-bond donors (Lipinski definition) is 0. The second kappa shape index (κ2) is 2.02. The molecule has 0 heterocycles. The summed E-state index contributed by atoms with van der Waals surface area (Å²) >= 11 is 0. The van der Waals surface area contributed by atoms with Crippen LogP contribution in [0.4, 0.5) is 0 Å². The third-order valence-corrected chi connectivity index (χ3v) is 4.73. The van der Waals surface area contributed by atoms with Crippen LogP contribution in [0.2, 0.25) is 0 Å². The molecule has 64 valence electrons. The molecular weight excluding hydrogens is 132 g/mol. The molecule has 0 aromatic rings. The fourth-order valence-electron chi connectivity index (χ4n) is 3.41. The first kappa shape index (κ1) is 7.64. The third kappa shape index (κ3) is 0.816. The standard InChI is InChI=1S/C11H20/c1-7-5-9-6-10(8(7)2)11(9,3)4/h7-10H,5-6H2,1-4H3/t7-,8+,9-,10-/m0/s1. The van der Waals surface area contributed by atoms with E-state index >= 15 is 0 Å². The average molecular weight is 152 g/mol. The first-order valence-corrected chi connectivity index (χ1v) is 5.03. The zero-order chi connectivity index (χ0) is 8.22. The van der Waals surface area contributed by atoms with Gasteiger partial charge in [0.15, 0.2) is 0 Å². The predicted molar refractivity (Wildman–Crippen MR) is 48.3 cm³/mol. The van der Waals surface area contributed by atoms with Crippen molar-refractivity contribution in [1.82, 2.24) is 0 Å². The van der Waals surface area contributed by atoms with Crippen molar-refractivity contribution in [3.63, 3.8) is 0 Å². The van der Waals surface area contributed by atoms with Crippen LogP contribution in [0.25, 0.3) is 0 Å². The maximum Gasteiger partial charge on any atom is -0.0295 e. The Hall–Kier alpha value is 0. The predicted octanol–water partition coefficient (Wildman–Crippen LogP) is 3.32. The Bertz CT molecular complexity index is 169. The molecule has 3 saturated carbocycles. The monoisotopic (exact) mass is 152 g/mol. The normalized spacial score (nSPS) is 53.5. The van der Waals surface area contributed by atoms with Crippen LogP contribution in [0.5, 0.6) is 0 Å². The molecule has 0 aliphatic heterocycles. The lowest BCUT2D eigenvalue weighted by Gasteiger charge is -2.61. The molecule has 0 heteroatoms. The van der Waals surface area contributed by atoms with Gasteiger partial charge < -0.3 is 0 Å². The van der Waals surface area contributed by atoms with Crippen LogP contribution in [0.1, 0.15) is 40.5 Å². The molecule has 0 unspecified atom stereocenters. The maximum atomic E-state index is 2.47. The highest BCUT2D eigenvalue weighted by Crippen LogP contribution is 2.62. The van der Waals surface area contributed by atoms with E-state index in [-0.39, 0.29) is 0 Å². The van der Waals surface area contributed by atoms with E-state index in [4.69, 9.17) is 0 Å². The summed E-state index contributed by atoms with van der Waals surface area (Å²) in [5.74, 6) is 4.07. The number of fused-ring (bicyclic) bond motifs is 2. The smallest absolute Gasteiger partial charge is 0.0295 e. The van der Waals surface area contributed by atoms with Crippen molar-refractivity contribution >= 4 is 0 Å². The number of hydrogen-bond acceptors (Lipinski definition) is 0. The van der Waals surface area contributed by atoms with E-state index in [9.17, 15) is 0 Å². The van der Waals surface area contributed by atoms with Gasteiger partial charge in [0.1, 0.15) is 0 Å². The zero-order valence-corrected chi connectivity index (χ0v) is 8.22. The van der Waals surface area contributed by atoms with Crippen molar-refractivity contribution in [3.05, 3.63) is 0 Å². The Labute approximate surface area is 70.4 Å². The molecule has 3 fully saturated rings. The maximum absolute atomic E-state index is 2.47. The van der Waals surface area contributed by atoms with E-state index in [0.29, 0.717) is 5.41 Å². The average Bonchev–Trinajstić information content (AvgIpc) is 1.93. The lowest BCUT2D eigenvalue weighted by atomic mass is 9.44. The van der Waals surface area contributed by atoms with Crippen LogP contribution >= 0.6 is 0 Å². The molecule has 0 spiro atoms. The molecule has 0 saturated heterocycles. The van der Waals surface area contributed by atoms with Crippen molar-refractivity contribution in [2.45, 2.75) is 40.5 Å². The van der Waals surface area contributed by atoms with Crippen molar-refractivity contribution in [2.75, 3.05) is 0 Å². The fourth-order valence-corrected chi connectivity index (χ4v) is 3.41. The molecule has 0 aromatic heterocycles. The second-order valence-electron chi connectivity index (χ2n) is 5.43. The minimum absolute atomic E-state index is 0.686. The Morgan fingerprint density at radius 1 is 1.09 bits per heavy atom. The van der Waals surface area contributed by atoms with Gasteiger partial charge in [-0.15, -0.1) is 0 Å². The van der Waals surface area contributed by atoms with E-state index in [2.05, 4.69) is 27.7 Å². The topological polar surface area (TPSA) is 0 Å². The summed E-state index contributed by atoms with van der Waals surface area (Å²) in [6, 6.07) is 0.